The van der Waals surface area contributed by atoms with Gasteiger partial charge in [-0.2, -0.15) is 0 Å². The van der Waals surface area contributed by atoms with E-state index in [4.69, 9.17) is 32.2 Å². The Hall–Kier alpha value is -2.34. The van der Waals surface area contributed by atoms with Gasteiger partial charge in [0.2, 0.25) is 6.79 Å². The Labute approximate surface area is 126 Å². The molecule has 0 aromatic heterocycles. The molecule has 4 nitrogen and oxygen atoms in total. The maximum atomic E-state index is 13.7. The number of hydrogen-bond acceptors (Lipinski definition) is 4. The molecule has 0 bridgehead atoms. The van der Waals surface area contributed by atoms with Crippen molar-refractivity contribution in [2.45, 2.75) is 6.61 Å². The minimum absolute atomic E-state index is 0.0714. The van der Waals surface area contributed by atoms with E-state index in [-0.39, 0.29) is 24.2 Å². The first kappa shape index (κ1) is 13.6. The molecule has 108 valence electrons. The van der Waals surface area contributed by atoms with Crippen LogP contribution in [0.15, 0.2) is 36.4 Å². The average Bonchev–Trinajstić information content (AvgIpc) is 2.93. The van der Waals surface area contributed by atoms with Crippen LogP contribution in [0.3, 0.4) is 0 Å². The zero-order valence-corrected chi connectivity index (χ0v) is 11.8. The van der Waals surface area contributed by atoms with Gasteiger partial charge in [-0.3, -0.25) is 0 Å². The van der Waals surface area contributed by atoms with Crippen LogP contribution >= 0.6 is 12.2 Å². The quantitative estimate of drug-likeness (QED) is 0.880. The molecule has 0 radical (unpaired) electrons. The zero-order chi connectivity index (χ0) is 14.8. The van der Waals surface area contributed by atoms with Crippen molar-refractivity contribution in [1.82, 2.24) is 0 Å². The van der Waals surface area contributed by atoms with Crippen molar-refractivity contribution in [1.29, 1.82) is 0 Å². The Morgan fingerprint density at radius 3 is 2.81 bits per heavy atom. The summed E-state index contributed by atoms with van der Waals surface area (Å²) in [7, 11) is 0. The van der Waals surface area contributed by atoms with E-state index < -0.39 is 0 Å². The van der Waals surface area contributed by atoms with Crippen molar-refractivity contribution in [2.24, 2.45) is 5.73 Å². The monoisotopic (exact) mass is 305 g/mol. The molecule has 0 saturated heterocycles. The number of hydrogen-bond donors (Lipinski definition) is 1. The van der Waals surface area contributed by atoms with Crippen LogP contribution in [0, 0.1) is 5.82 Å². The van der Waals surface area contributed by atoms with Gasteiger partial charge < -0.3 is 19.9 Å². The number of fused-ring (bicyclic) bond motifs is 1. The normalized spacial score (nSPS) is 12.2. The van der Waals surface area contributed by atoms with Gasteiger partial charge in [-0.05, 0) is 30.3 Å². The Kier molecular flexibility index (Phi) is 3.62. The molecule has 2 aromatic rings. The van der Waals surface area contributed by atoms with Crippen LogP contribution in [0.5, 0.6) is 17.2 Å². The second-order valence-corrected chi connectivity index (χ2v) is 4.91. The third-order valence-electron chi connectivity index (χ3n) is 3.07. The summed E-state index contributed by atoms with van der Waals surface area (Å²) >= 11 is 4.88. The average molecular weight is 305 g/mol. The highest BCUT2D eigenvalue weighted by molar-refractivity contribution is 7.80. The number of ether oxygens (including phenoxy) is 3. The number of thiocarbonyl (C=S) groups is 1. The molecule has 2 aromatic carbocycles. The SMILES string of the molecule is NC(=S)c1ccc(F)c(COc2ccc3c(c2)OCO3)c1. The first-order valence-electron chi connectivity index (χ1n) is 6.24. The predicted molar refractivity (Wildman–Crippen MR) is 79.2 cm³/mol. The topological polar surface area (TPSA) is 53.7 Å². The second-order valence-electron chi connectivity index (χ2n) is 4.47. The number of benzene rings is 2. The Balaban J connectivity index is 1.75. The molecule has 2 N–H and O–H groups in total. The first-order valence-corrected chi connectivity index (χ1v) is 6.65. The van der Waals surface area contributed by atoms with Crippen molar-refractivity contribution < 1.29 is 18.6 Å². The number of nitrogens with two attached hydrogens (primary N) is 1. The van der Waals surface area contributed by atoms with Crippen LogP contribution in [-0.4, -0.2) is 11.8 Å². The van der Waals surface area contributed by atoms with E-state index >= 15 is 0 Å². The lowest BCUT2D eigenvalue weighted by Gasteiger charge is -2.09. The highest BCUT2D eigenvalue weighted by atomic mass is 32.1. The van der Waals surface area contributed by atoms with Gasteiger partial charge in [-0.25, -0.2) is 4.39 Å². The van der Waals surface area contributed by atoms with Crippen LogP contribution in [-0.2, 0) is 6.61 Å². The summed E-state index contributed by atoms with van der Waals surface area (Å²) in [6.45, 7) is 0.269. The fourth-order valence-corrected chi connectivity index (χ4v) is 2.09. The Morgan fingerprint density at radius 2 is 2.00 bits per heavy atom. The third-order valence-corrected chi connectivity index (χ3v) is 3.30. The fraction of sp³-hybridized carbons (Fsp3) is 0.133. The molecule has 0 fully saturated rings. The predicted octanol–water partition coefficient (Wildman–Crippen LogP) is 2.77. The molecule has 6 heteroatoms. The summed E-state index contributed by atoms with van der Waals surface area (Å²) < 4.78 is 29.8. The van der Waals surface area contributed by atoms with E-state index in [0.717, 1.165) is 0 Å². The molecule has 0 amide bonds. The van der Waals surface area contributed by atoms with E-state index in [1.165, 1.54) is 6.07 Å². The van der Waals surface area contributed by atoms with Crippen molar-refractivity contribution >= 4 is 17.2 Å². The summed E-state index contributed by atoms with van der Waals surface area (Å²) in [5.74, 6) is 1.49. The van der Waals surface area contributed by atoms with E-state index in [9.17, 15) is 4.39 Å². The standard InChI is InChI=1S/C15H12FNO3S/c16-12-3-1-9(15(17)21)5-10(12)7-18-11-2-4-13-14(6-11)20-8-19-13/h1-6H,7-8H2,(H2,17,21). The molecular weight excluding hydrogens is 293 g/mol. The molecule has 1 aliphatic rings. The van der Waals surface area contributed by atoms with E-state index in [1.807, 2.05) is 0 Å². The number of rotatable bonds is 4. The van der Waals surface area contributed by atoms with E-state index in [0.29, 0.717) is 28.4 Å². The molecule has 0 aliphatic carbocycles. The summed E-state index contributed by atoms with van der Waals surface area (Å²) in [5.41, 5.74) is 6.53. The highest BCUT2D eigenvalue weighted by Gasteiger charge is 2.14. The van der Waals surface area contributed by atoms with Gasteiger partial charge in [0.25, 0.3) is 0 Å². The van der Waals surface area contributed by atoms with Gasteiger partial charge in [-0.15, -0.1) is 0 Å². The lowest BCUT2D eigenvalue weighted by Crippen LogP contribution is -2.10. The maximum Gasteiger partial charge on any atom is 0.231 e. The molecule has 3 rings (SSSR count). The third kappa shape index (κ3) is 2.90. The molecule has 0 saturated carbocycles. The lowest BCUT2D eigenvalue weighted by atomic mass is 10.1. The Bertz CT molecular complexity index is 705. The summed E-state index contributed by atoms with van der Waals surface area (Å²) in [5, 5.41) is 0. The molecule has 21 heavy (non-hydrogen) atoms. The Morgan fingerprint density at radius 1 is 1.19 bits per heavy atom. The van der Waals surface area contributed by atoms with E-state index in [1.54, 1.807) is 30.3 Å². The van der Waals surface area contributed by atoms with Gasteiger partial charge in [0.15, 0.2) is 11.5 Å². The van der Waals surface area contributed by atoms with Crippen LogP contribution in [0.25, 0.3) is 0 Å². The molecule has 1 aliphatic heterocycles. The van der Waals surface area contributed by atoms with Crippen molar-refractivity contribution in [3.63, 3.8) is 0 Å². The van der Waals surface area contributed by atoms with Gasteiger partial charge in [0.05, 0.1) is 0 Å². The smallest absolute Gasteiger partial charge is 0.231 e. The number of halogens is 1. The summed E-state index contributed by atoms with van der Waals surface area (Å²) in [6, 6.07) is 9.65. The zero-order valence-electron chi connectivity index (χ0n) is 11.0. The highest BCUT2D eigenvalue weighted by Crippen LogP contribution is 2.35. The lowest BCUT2D eigenvalue weighted by molar-refractivity contribution is 0.173. The van der Waals surface area contributed by atoms with Gasteiger partial charge in [0.1, 0.15) is 23.2 Å². The maximum absolute atomic E-state index is 13.7. The molecule has 1 heterocycles. The minimum atomic E-state index is -0.365. The fourth-order valence-electron chi connectivity index (χ4n) is 1.97. The first-order chi connectivity index (χ1) is 10.1. The van der Waals surface area contributed by atoms with Crippen LogP contribution in [0.2, 0.25) is 0 Å². The van der Waals surface area contributed by atoms with Crippen LogP contribution in [0.1, 0.15) is 11.1 Å². The van der Waals surface area contributed by atoms with Crippen LogP contribution < -0.4 is 19.9 Å². The van der Waals surface area contributed by atoms with Crippen molar-refractivity contribution in [3.05, 3.63) is 53.3 Å². The molecule has 0 spiro atoms. The largest absolute Gasteiger partial charge is 0.489 e. The molecule has 0 unspecified atom stereocenters. The molecular formula is C15H12FNO3S. The van der Waals surface area contributed by atoms with Gasteiger partial charge in [0, 0.05) is 17.2 Å². The van der Waals surface area contributed by atoms with E-state index in [2.05, 4.69) is 0 Å². The van der Waals surface area contributed by atoms with Crippen LogP contribution in [0.4, 0.5) is 4.39 Å². The summed E-state index contributed by atoms with van der Waals surface area (Å²) in [6.07, 6.45) is 0. The van der Waals surface area contributed by atoms with Gasteiger partial charge >= 0.3 is 0 Å². The van der Waals surface area contributed by atoms with Crippen molar-refractivity contribution in [2.75, 3.05) is 6.79 Å². The van der Waals surface area contributed by atoms with Crippen molar-refractivity contribution in [3.8, 4) is 17.2 Å². The van der Waals surface area contributed by atoms with Gasteiger partial charge in [-0.1, -0.05) is 12.2 Å². The minimum Gasteiger partial charge on any atom is -0.489 e. The second kappa shape index (κ2) is 5.57. The summed E-state index contributed by atoms with van der Waals surface area (Å²) in [4.78, 5) is 0.222. The molecule has 0 atom stereocenters.